The van der Waals surface area contributed by atoms with E-state index >= 15 is 0 Å². The molecule has 0 aliphatic carbocycles. The Morgan fingerprint density at radius 3 is 2.58 bits per heavy atom. The lowest BCUT2D eigenvalue weighted by Gasteiger charge is -2.40. The first-order chi connectivity index (χ1) is 12.1. The summed E-state index contributed by atoms with van der Waals surface area (Å²) in [6, 6.07) is -0.216. The molecule has 0 saturated carbocycles. The fraction of sp³-hybridized carbons (Fsp3) is 0.778. The molecule has 3 aliphatic rings. The standard InChI is InChI=1S/C18H27NO7/c1-10-11(2)18(24,9-20)16(22)26-13-5-7-19-6-4-12(14(13)19)8-25-15(21)17(10,3)23/h4,10-11,13-14,20,23-24H,5-9H2,1-3H3/t10-,11-,13-,14-,17-,18-/m1/s1. The van der Waals surface area contributed by atoms with Crippen molar-refractivity contribution in [3.8, 4) is 0 Å². The lowest BCUT2D eigenvalue weighted by atomic mass is 9.73. The number of nitrogens with zero attached hydrogens (tertiary/aromatic N) is 1. The van der Waals surface area contributed by atoms with Crippen LogP contribution in [0, 0.1) is 11.8 Å². The Bertz CT molecular complexity index is 631. The quantitative estimate of drug-likeness (QED) is 0.407. The molecule has 0 unspecified atom stereocenters. The van der Waals surface area contributed by atoms with Gasteiger partial charge in [0.1, 0.15) is 12.7 Å². The molecule has 3 heterocycles. The lowest BCUT2D eigenvalue weighted by Crippen LogP contribution is -2.58. The van der Waals surface area contributed by atoms with E-state index in [1.807, 2.05) is 6.08 Å². The zero-order valence-electron chi connectivity index (χ0n) is 15.3. The predicted molar refractivity (Wildman–Crippen MR) is 89.9 cm³/mol. The van der Waals surface area contributed by atoms with Crippen molar-refractivity contribution < 1.29 is 34.4 Å². The minimum absolute atomic E-state index is 0.0234. The van der Waals surface area contributed by atoms with E-state index in [2.05, 4.69) is 4.90 Å². The van der Waals surface area contributed by atoms with Crippen LogP contribution in [0.25, 0.3) is 0 Å². The van der Waals surface area contributed by atoms with Gasteiger partial charge in [0, 0.05) is 24.9 Å². The summed E-state index contributed by atoms with van der Waals surface area (Å²) in [7, 11) is 0. The maximum absolute atomic E-state index is 12.7. The number of ether oxygens (including phenoxy) is 2. The molecule has 146 valence electrons. The van der Waals surface area contributed by atoms with Gasteiger partial charge >= 0.3 is 11.9 Å². The number of carbonyl (C=O) groups excluding carboxylic acids is 2. The molecule has 3 N–H and O–H groups in total. The Hall–Kier alpha value is -1.48. The molecule has 0 aromatic rings. The second-order valence-electron chi connectivity index (χ2n) is 7.83. The van der Waals surface area contributed by atoms with Gasteiger partial charge < -0.3 is 24.8 Å². The van der Waals surface area contributed by atoms with Crippen LogP contribution in [0.2, 0.25) is 0 Å². The van der Waals surface area contributed by atoms with E-state index in [-0.39, 0.29) is 12.6 Å². The fourth-order valence-corrected chi connectivity index (χ4v) is 4.14. The van der Waals surface area contributed by atoms with E-state index in [0.29, 0.717) is 13.0 Å². The van der Waals surface area contributed by atoms with Gasteiger partial charge in [0.2, 0.25) is 0 Å². The van der Waals surface area contributed by atoms with Gasteiger partial charge in [-0.05, 0) is 18.9 Å². The van der Waals surface area contributed by atoms with E-state index in [1.165, 1.54) is 20.8 Å². The molecule has 6 atom stereocenters. The number of aliphatic hydroxyl groups excluding tert-OH is 1. The summed E-state index contributed by atoms with van der Waals surface area (Å²) in [6.45, 7) is 4.86. The topological polar surface area (TPSA) is 117 Å². The van der Waals surface area contributed by atoms with Crippen LogP contribution in [0.5, 0.6) is 0 Å². The van der Waals surface area contributed by atoms with Crippen molar-refractivity contribution in [3.63, 3.8) is 0 Å². The minimum atomic E-state index is -2.22. The summed E-state index contributed by atoms with van der Waals surface area (Å²) in [5.74, 6) is -3.56. The Labute approximate surface area is 152 Å². The average Bonchev–Trinajstić information content (AvgIpc) is 3.19. The van der Waals surface area contributed by atoms with Crippen LogP contribution in [-0.2, 0) is 19.1 Å². The number of esters is 2. The Balaban J connectivity index is 1.99. The Morgan fingerprint density at radius 1 is 1.23 bits per heavy atom. The Morgan fingerprint density at radius 2 is 1.92 bits per heavy atom. The van der Waals surface area contributed by atoms with Gasteiger partial charge in [0.15, 0.2) is 11.2 Å². The molecule has 0 spiro atoms. The summed E-state index contributed by atoms with van der Waals surface area (Å²) in [4.78, 5) is 27.3. The first kappa shape index (κ1) is 19.3. The summed E-state index contributed by atoms with van der Waals surface area (Å²) in [5.41, 5.74) is -3.34. The SMILES string of the molecule is C[C@@H]1[C@@H](C)[C@](O)(CO)C(=O)O[C@@H]2CCN3CC=C(COC(=O)[C@]1(C)O)[C@H]23. The van der Waals surface area contributed by atoms with Crippen molar-refractivity contribution in [2.75, 3.05) is 26.3 Å². The summed E-state index contributed by atoms with van der Waals surface area (Å²) in [6.07, 6.45) is 2.06. The third-order valence-electron chi connectivity index (χ3n) is 6.44. The van der Waals surface area contributed by atoms with Crippen molar-refractivity contribution in [1.82, 2.24) is 4.90 Å². The fourth-order valence-electron chi connectivity index (χ4n) is 4.14. The van der Waals surface area contributed by atoms with Gasteiger partial charge in [0.25, 0.3) is 0 Å². The molecule has 0 aromatic heterocycles. The smallest absolute Gasteiger partial charge is 0.341 e. The zero-order chi connectivity index (χ0) is 19.3. The molecule has 0 radical (unpaired) electrons. The molecular weight excluding hydrogens is 342 g/mol. The highest BCUT2D eigenvalue weighted by atomic mass is 16.6. The third kappa shape index (κ3) is 2.85. The maximum atomic E-state index is 12.7. The van der Waals surface area contributed by atoms with Crippen molar-refractivity contribution in [2.24, 2.45) is 11.8 Å². The summed E-state index contributed by atoms with van der Waals surface area (Å²) < 4.78 is 10.9. The molecule has 3 rings (SSSR count). The van der Waals surface area contributed by atoms with Gasteiger partial charge in [-0.3, -0.25) is 4.90 Å². The molecule has 8 nitrogen and oxygen atoms in total. The van der Waals surface area contributed by atoms with Crippen LogP contribution in [0.15, 0.2) is 11.6 Å². The van der Waals surface area contributed by atoms with Crippen LogP contribution in [-0.4, -0.2) is 81.8 Å². The van der Waals surface area contributed by atoms with Gasteiger partial charge in [-0.2, -0.15) is 0 Å². The third-order valence-corrected chi connectivity index (χ3v) is 6.44. The molecule has 3 aliphatic heterocycles. The van der Waals surface area contributed by atoms with Crippen LogP contribution < -0.4 is 0 Å². The molecule has 0 aromatic carbocycles. The number of hydrogen-bond acceptors (Lipinski definition) is 8. The molecule has 2 fully saturated rings. The van der Waals surface area contributed by atoms with E-state index in [4.69, 9.17) is 9.47 Å². The average molecular weight is 369 g/mol. The number of carbonyl (C=O) groups is 2. The highest BCUT2D eigenvalue weighted by Gasteiger charge is 2.54. The lowest BCUT2D eigenvalue weighted by molar-refractivity contribution is -0.196. The summed E-state index contributed by atoms with van der Waals surface area (Å²) in [5, 5.41) is 31.3. The van der Waals surface area contributed by atoms with Crippen molar-refractivity contribution >= 4 is 11.9 Å². The highest BCUT2D eigenvalue weighted by molar-refractivity contribution is 5.82. The minimum Gasteiger partial charge on any atom is -0.459 e. The molecular formula is C18H27NO7. The highest BCUT2D eigenvalue weighted by Crippen LogP contribution is 2.37. The van der Waals surface area contributed by atoms with E-state index in [1.54, 1.807) is 0 Å². The van der Waals surface area contributed by atoms with Crippen molar-refractivity contribution in [1.29, 1.82) is 0 Å². The second kappa shape index (κ2) is 6.60. The number of cyclic esters (lactones) is 1. The van der Waals surface area contributed by atoms with Gasteiger partial charge in [0.05, 0.1) is 12.6 Å². The number of rotatable bonds is 1. The van der Waals surface area contributed by atoms with E-state index < -0.39 is 47.7 Å². The van der Waals surface area contributed by atoms with Crippen LogP contribution in [0.4, 0.5) is 0 Å². The predicted octanol–water partition coefficient (Wildman–Crippen LogP) is -0.784. The molecule has 0 amide bonds. The van der Waals surface area contributed by atoms with Crippen molar-refractivity contribution in [3.05, 3.63) is 11.6 Å². The number of hydrogen-bond donors (Lipinski definition) is 3. The van der Waals surface area contributed by atoms with E-state index in [9.17, 15) is 24.9 Å². The largest absolute Gasteiger partial charge is 0.459 e. The molecule has 2 saturated heterocycles. The van der Waals surface area contributed by atoms with E-state index in [0.717, 1.165) is 12.1 Å². The van der Waals surface area contributed by atoms with Crippen LogP contribution >= 0.6 is 0 Å². The van der Waals surface area contributed by atoms with Crippen LogP contribution in [0.1, 0.15) is 27.2 Å². The maximum Gasteiger partial charge on any atom is 0.341 e. The zero-order valence-corrected chi connectivity index (χ0v) is 15.3. The van der Waals surface area contributed by atoms with Crippen molar-refractivity contribution in [2.45, 2.75) is 50.5 Å². The van der Waals surface area contributed by atoms with Gasteiger partial charge in [-0.15, -0.1) is 0 Å². The monoisotopic (exact) mass is 369 g/mol. The molecule has 26 heavy (non-hydrogen) atoms. The Kier molecular flexibility index (Phi) is 4.89. The van der Waals surface area contributed by atoms with Crippen LogP contribution in [0.3, 0.4) is 0 Å². The first-order valence-electron chi connectivity index (χ1n) is 8.99. The van der Waals surface area contributed by atoms with Gasteiger partial charge in [-0.1, -0.05) is 19.9 Å². The number of aliphatic hydroxyl groups is 3. The van der Waals surface area contributed by atoms with Gasteiger partial charge in [-0.25, -0.2) is 9.59 Å². The summed E-state index contributed by atoms with van der Waals surface area (Å²) >= 11 is 0. The molecule has 8 heteroatoms. The normalized spacial score (nSPS) is 44.5. The second-order valence-corrected chi connectivity index (χ2v) is 7.83. The first-order valence-corrected chi connectivity index (χ1v) is 8.99. The molecule has 0 bridgehead atoms.